The number of rotatable bonds is 73. The van der Waals surface area contributed by atoms with E-state index in [2.05, 4.69) is 50.3 Å². The van der Waals surface area contributed by atoms with Crippen molar-refractivity contribution in [2.45, 2.75) is 405 Å². The summed E-state index contributed by atoms with van der Waals surface area (Å²) in [5.41, 5.74) is 0. The molecule has 2 unspecified atom stereocenters. The van der Waals surface area contributed by atoms with E-state index in [9.17, 15) is 19.0 Å². The van der Waals surface area contributed by atoms with Crippen molar-refractivity contribution in [2.24, 2.45) is 0 Å². The Kier molecular flexibility index (Phi) is 68.2. The van der Waals surface area contributed by atoms with Crippen LogP contribution in [0.4, 0.5) is 0 Å². The first kappa shape index (κ1) is 86.2. The van der Waals surface area contributed by atoms with Crippen molar-refractivity contribution in [1.82, 2.24) is 0 Å². The molecule has 2 atom stereocenters. The molecule has 0 rings (SSSR count). The number of nitrogens with zero attached hydrogens (tertiary/aromatic N) is 1. The molecular weight excluding hydrogens is 1110 g/mol. The average Bonchev–Trinajstić information content (AvgIpc) is 3.60. The topological polar surface area (TPSA) is 108 Å². The molecule has 0 aromatic carbocycles. The van der Waals surface area contributed by atoms with Gasteiger partial charge in [-0.3, -0.25) is 18.6 Å². The molecule has 0 spiro atoms. The van der Waals surface area contributed by atoms with Crippen molar-refractivity contribution in [3.8, 4) is 0 Å². The summed E-state index contributed by atoms with van der Waals surface area (Å²) < 4.78 is 34.8. The summed E-state index contributed by atoms with van der Waals surface area (Å²) in [5, 5.41) is 0. The normalized spacial score (nSPS) is 13.2. The molecule has 0 amide bonds. The van der Waals surface area contributed by atoms with E-state index >= 15 is 0 Å². The third kappa shape index (κ3) is 73.3. The Morgan fingerprint density at radius 3 is 0.909 bits per heavy atom. The van der Waals surface area contributed by atoms with Crippen LogP contribution in [0.5, 0.6) is 0 Å². The van der Waals surface area contributed by atoms with Gasteiger partial charge in [0.1, 0.15) is 19.8 Å². The minimum absolute atomic E-state index is 0.0334. The van der Waals surface area contributed by atoms with E-state index in [0.29, 0.717) is 23.9 Å². The van der Waals surface area contributed by atoms with Crippen LogP contribution >= 0.6 is 7.82 Å². The molecule has 0 aliphatic carbocycles. The maximum atomic E-state index is 12.9. The Balaban J connectivity index is 3.92. The molecule has 0 radical (unpaired) electrons. The summed E-state index contributed by atoms with van der Waals surface area (Å²) in [6, 6.07) is 0. The maximum absolute atomic E-state index is 12.9. The van der Waals surface area contributed by atoms with E-state index < -0.39 is 26.5 Å². The fourth-order valence-electron chi connectivity index (χ4n) is 11.7. The number of hydrogen-bond donors (Lipinski definition) is 1. The highest BCUT2D eigenvalue weighted by Crippen LogP contribution is 2.43. The molecule has 0 aliphatic heterocycles. The first-order valence-electron chi connectivity index (χ1n) is 38.7. The molecule has 0 aromatic rings. The zero-order chi connectivity index (χ0) is 64.1. The molecule has 1 N–H and O–H groups in total. The highest BCUT2D eigenvalue weighted by molar-refractivity contribution is 7.47. The van der Waals surface area contributed by atoms with Crippen molar-refractivity contribution in [3.05, 3.63) is 36.5 Å². The molecule has 0 saturated carbocycles. The summed E-state index contributed by atoms with van der Waals surface area (Å²) in [6.07, 6.45) is 90.0. The Morgan fingerprint density at radius 2 is 0.614 bits per heavy atom. The third-order valence-electron chi connectivity index (χ3n) is 17.7. The van der Waals surface area contributed by atoms with E-state index in [-0.39, 0.29) is 25.6 Å². The van der Waals surface area contributed by atoms with Gasteiger partial charge in [-0.25, -0.2) is 4.57 Å². The van der Waals surface area contributed by atoms with Crippen LogP contribution in [0.15, 0.2) is 36.5 Å². The van der Waals surface area contributed by atoms with Crippen LogP contribution in [0.3, 0.4) is 0 Å². The fourth-order valence-corrected chi connectivity index (χ4v) is 12.5. The van der Waals surface area contributed by atoms with Crippen molar-refractivity contribution < 1.29 is 42.1 Å². The van der Waals surface area contributed by atoms with Crippen molar-refractivity contribution in [2.75, 3.05) is 47.5 Å². The monoisotopic (exact) mass is 1260 g/mol. The molecule has 0 saturated heterocycles. The number of quaternary nitrogens is 1. The summed E-state index contributed by atoms with van der Waals surface area (Å²) in [6.45, 7) is 4.49. The number of unbranched alkanes of at least 4 members (excludes halogenated alkanes) is 53. The number of hydrogen-bond acceptors (Lipinski definition) is 7. The smallest absolute Gasteiger partial charge is 0.462 e. The lowest BCUT2D eigenvalue weighted by Crippen LogP contribution is -2.37. The van der Waals surface area contributed by atoms with E-state index in [0.717, 1.165) is 44.9 Å². The Labute approximate surface area is 548 Å². The van der Waals surface area contributed by atoms with E-state index in [4.69, 9.17) is 18.5 Å². The summed E-state index contributed by atoms with van der Waals surface area (Å²) in [4.78, 5) is 35.9. The molecule has 0 aromatic heterocycles. The van der Waals surface area contributed by atoms with Gasteiger partial charge in [0.25, 0.3) is 0 Å². The Hall–Kier alpha value is -1.77. The van der Waals surface area contributed by atoms with Crippen molar-refractivity contribution in [3.63, 3.8) is 0 Å². The zero-order valence-corrected chi connectivity index (χ0v) is 60.4. The van der Waals surface area contributed by atoms with Gasteiger partial charge in [-0.2, -0.15) is 0 Å². The second-order valence-corrected chi connectivity index (χ2v) is 29.2. The lowest BCUT2D eigenvalue weighted by atomic mass is 10.0. The molecule has 0 bridgehead atoms. The number of likely N-dealkylation sites (N-methyl/N-ethyl adjacent to an activating group) is 1. The first-order valence-corrected chi connectivity index (χ1v) is 40.2. The van der Waals surface area contributed by atoms with Gasteiger partial charge in [0.2, 0.25) is 0 Å². The second kappa shape index (κ2) is 69.6. The predicted octanol–water partition coefficient (Wildman–Crippen LogP) is 25.4. The van der Waals surface area contributed by atoms with E-state index in [1.807, 2.05) is 21.1 Å². The van der Waals surface area contributed by atoms with Crippen molar-refractivity contribution >= 4 is 19.8 Å². The Morgan fingerprint density at radius 1 is 0.352 bits per heavy atom. The number of carbonyl (C=O) groups excluding carboxylic acids is 2. The largest absolute Gasteiger partial charge is 0.472 e. The predicted molar refractivity (Wildman–Crippen MR) is 381 cm³/mol. The number of phosphoric acid groups is 1. The quantitative estimate of drug-likeness (QED) is 0.0211. The van der Waals surface area contributed by atoms with Crippen LogP contribution in [0, 0.1) is 0 Å². The van der Waals surface area contributed by atoms with Gasteiger partial charge in [-0.05, 0) is 51.4 Å². The number of ether oxygens (including phenoxy) is 2. The van der Waals surface area contributed by atoms with Crippen LogP contribution < -0.4 is 0 Å². The Bertz CT molecular complexity index is 1580. The number of allylic oxidation sites excluding steroid dienone is 6. The van der Waals surface area contributed by atoms with Gasteiger partial charge in [0.15, 0.2) is 6.10 Å². The summed E-state index contributed by atoms with van der Waals surface area (Å²) in [5.74, 6) is -0.778. The molecule has 88 heavy (non-hydrogen) atoms. The molecular formula is C78H151NO8P+. The van der Waals surface area contributed by atoms with Gasteiger partial charge in [-0.1, -0.05) is 371 Å². The molecule has 9 nitrogen and oxygen atoms in total. The fraction of sp³-hybridized carbons (Fsp3) is 0.897. The molecule has 520 valence electrons. The molecule has 0 aliphatic rings. The number of phosphoric ester groups is 1. The third-order valence-corrected chi connectivity index (χ3v) is 18.7. The van der Waals surface area contributed by atoms with Crippen molar-refractivity contribution in [1.29, 1.82) is 0 Å². The number of esters is 2. The van der Waals surface area contributed by atoms with Crippen LogP contribution in [-0.4, -0.2) is 74.9 Å². The van der Waals surface area contributed by atoms with Gasteiger partial charge in [0, 0.05) is 12.8 Å². The van der Waals surface area contributed by atoms with Crippen LogP contribution in [0.25, 0.3) is 0 Å². The van der Waals surface area contributed by atoms with Gasteiger partial charge in [-0.15, -0.1) is 0 Å². The lowest BCUT2D eigenvalue weighted by Gasteiger charge is -2.24. The summed E-state index contributed by atoms with van der Waals surface area (Å²) in [7, 11) is 1.49. The molecule has 0 heterocycles. The van der Waals surface area contributed by atoms with Gasteiger partial charge < -0.3 is 18.9 Å². The van der Waals surface area contributed by atoms with E-state index in [1.54, 1.807) is 0 Å². The standard InChI is InChI=1S/C78H150NO8P/c1-6-8-10-12-14-16-18-20-22-24-26-28-30-32-34-35-36-37-38-39-40-41-42-43-45-46-48-50-52-54-56-58-60-62-64-66-68-70-77(80)84-74-76(75-86-88(82,83)85-73-72-79(3,4)5)87-78(81)71-69-67-65-63-61-59-57-55-53-51-49-47-44-33-31-29-27-25-23-21-19-17-15-13-11-9-7-2/h19,21,25,27,31,33,76H,6-18,20,22-24,26,28-30,32,34-75H2,1-5H3/p+1/b21-19-,27-25-,33-31-. The molecule has 0 fully saturated rings. The second-order valence-electron chi connectivity index (χ2n) is 27.8. The highest BCUT2D eigenvalue weighted by Gasteiger charge is 2.27. The van der Waals surface area contributed by atoms with Crippen LogP contribution in [0.2, 0.25) is 0 Å². The van der Waals surface area contributed by atoms with Crippen LogP contribution in [0.1, 0.15) is 399 Å². The molecule has 10 heteroatoms. The first-order chi connectivity index (χ1) is 43.0. The zero-order valence-electron chi connectivity index (χ0n) is 59.5. The highest BCUT2D eigenvalue weighted by atomic mass is 31.2. The summed E-state index contributed by atoms with van der Waals surface area (Å²) >= 11 is 0. The lowest BCUT2D eigenvalue weighted by molar-refractivity contribution is -0.870. The minimum atomic E-state index is -4.39. The average molecular weight is 1260 g/mol. The van der Waals surface area contributed by atoms with E-state index in [1.165, 1.54) is 321 Å². The SMILES string of the molecule is CCCCCCC/C=C\C/C=C\C/C=C\CCCCCCCCCCCCCCC(=O)OC(COC(=O)CCCCCCCCCCCCCCCCCCCCCCCCCCCCCCCCCCCCCCC)COP(=O)(O)OCC[N+](C)(C)C. The number of carbonyl (C=O) groups is 2. The van der Waals surface area contributed by atoms with Gasteiger partial charge >= 0.3 is 19.8 Å². The minimum Gasteiger partial charge on any atom is -0.462 e. The maximum Gasteiger partial charge on any atom is 0.472 e. The van der Waals surface area contributed by atoms with Crippen LogP contribution in [-0.2, 0) is 32.7 Å². The van der Waals surface area contributed by atoms with Gasteiger partial charge in [0.05, 0.1) is 27.7 Å².